The lowest BCUT2D eigenvalue weighted by molar-refractivity contribution is -0.118. The molecule has 2 amide bonds. The molecule has 2 aliphatic carbocycles. The maximum atomic E-state index is 13.1. The number of fused-ring (bicyclic) bond motifs is 2. The van der Waals surface area contributed by atoms with Crippen molar-refractivity contribution in [1.29, 1.82) is 0 Å². The van der Waals surface area contributed by atoms with Crippen LogP contribution >= 0.6 is 23.2 Å². The van der Waals surface area contributed by atoms with E-state index in [1.807, 2.05) is 48.8 Å². The van der Waals surface area contributed by atoms with Gasteiger partial charge in [0, 0.05) is 60.8 Å². The summed E-state index contributed by atoms with van der Waals surface area (Å²) in [4.78, 5) is 46.3. The SMILES string of the molecule is O=C(Nc1ccc(F)nc1)[C@@H]1C[C@@H](Cl)CN1c1nc(Nc2cc(C3CC3)[nH]n2)c2cccn2n1.O=C(Nc1ccc(F)nc1)[C@@H]1C[C@H](Cl)CN1c1nc(Nc2cc(C3CC3)[nH]n2)c2cccn2n1. The summed E-state index contributed by atoms with van der Waals surface area (Å²) >= 11 is 12.9. The molecule has 0 radical (unpaired) electrons. The molecule has 24 heteroatoms. The predicted molar refractivity (Wildman–Crippen MR) is 250 cm³/mol. The predicted octanol–water partition coefficient (Wildman–Crippen LogP) is 6.86. The Morgan fingerprint density at radius 1 is 0.632 bits per heavy atom. The van der Waals surface area contributed by atoms with Crippen molar-refractivity contribution < 1.29 is 18.4 Å². The summed E-state index contributed by atoms with van der Waals surface area (Å²) in [5, 5.41) is 35.7. The molecule has 0 spiro atoms. The number of carbonyl (C=O) groups is 2. The Balaban J connectivity index is 0.000000149. The van der Waals surface area contributed by atoms with Crippen LogP contribution in [0.3, 0.4) is 0 Å². The van der Waals surface area contributed by atoms with Gasteiger partial charge in [0.05, 0.1) is 34.5 Å². The molecule has 8 aromatic rings. The second kappa shape index (κ2) is 18.0. The number of rotatable bonds is 12. The molecular formula is C44H42Cl2F2N18O2. The molecule has 2 saturated carbocycles. The number of hydrogen-bond acceptors (Lipinski definition) is 14. The van der Waals surface area contributed by atoms with Gasteiger partial charge in [-0.15, -0.1) is 33.4 Å². The second-order valence-electron chi connectivity index (χ2n) is 17.1. The third-order valence-corrected chi connectivity index (χ3v) is 12.7. The first-order valence-electron chi connectivity index (χ1n) is 22.1. The monoisotopic (exact) mass is 962 g/mol. The van der Waals surface area contributed by atoms with E-state index in [2.05, 4.69) is 61.8 Å². The first kappa shape index (κ1) is 43.1. The molecule has 4 aliphatic rings. The Bertz CT molecular complexity index is 2910. The van der Waals surface area contributed by atoms with Gasteiger partial charge >= 0.3 is 0 Å². The molecule has 2 saturated heterocycles. The average Bonchev–Trinajstić information content (AvgIpc) is 3.84. The molecule has 348 valence electrons. The van der Waals surface area contributed by atoms with Gasteiger partial charge in [-0.05, 0) is 87.1 Å². The van der Waals surface area contributed by atoms with Gasteiger partial charge in [-0.3, -0.25) is 19.8 Å². The zero-order valence-electron chi connectivity index (χ0n) is 35.9. The van der Waals surface area contributed by atoms with Gasteiger partial charge < -0.3 is 31.1 Å². The largest absolute Gasteiger partial charge is 0.326 e. The van der Waals surface area contributed by atoms with Gasteiger partial charge in [0.15, 0.2) is 23.3 Å². The minimum atomic E-state index is -0.615. The number of anilines is 8. The van der Waals surface area contributed by atoms with Crippen LogP contribution in [0.15, 0.2) is 85.5 Å². The van der Waals surface area contributed by atoms with E-state index in [-0.39, 0.29) is 22.6 Å². The summed E-state index contributed by atoms with van der Waals surface area (Å²) < 4.78 is 29.7. The lowest BCUT2D eigenvalue weighted by Gasteiger charge is -2.24. The van der Waals surface area contributed by atoms with Crippen LogP contribution < -0.4 is 31.1 Å². The number of hydrogen-bond donors (Lipinski definition) is 6. The highest BCUT2D eigenvalue weighted by molar-refractivity contribution is 6.22. The summed E-state index contributed by atoms with van der Waals surface area (Å²) in [6.45, 7) is 0.809. The van der Waals surface area contributed by atoms with Gasteiger partial charge in [-0.2, -0.15) is 28.9 Å². The molecule has 4 atom stereocenters. The fourth-order valence-electron chi connectivity index (χ4n) is 8.38. The molecule has 4 fully saturated rings. The van der Waals surface area contributed by atoms with Gasteiger partial charge in [0.2, 0.25) is 35.6 Å². The number of halogens is 4. The van der Waals surface area contributed by atoms with E-state index in [4.69, 9.17) is 33.2 Å². The van der Waals surface area contributed by atoms with E-state index in [1.165, 1.54) is 62.3 Å². The van der Waals surface area contributed by atoms with Gasteiger partial charge in [-0.25, -0.2) is 19.0 Å². The molecule has 0 bridgehead atoms. The van der Waals surface area contributed by atoms with E-state index in [9.17, 15) is 18.4 Å². The number of pyridine rings is 2. The Kier molecular flexibility index (Phi) is 11.4. The molecular weight excluding hydrogens is 922 g/mol. The topological polar surface area (TPSA) is 232 Å². The Labute approximate surface area is 395 Å². The maximum Gasteiger partial charge on any atom is 0.247 e. The van der Waals surface area contributed by atoms with Crippen molar-refractivity contribution in [1.82, 2.24) is 59.6 Å². The minimum absolute atomic E-state index is 0.255. The van der Waals surface area contributed by atoms with Crippen LogP contribution in [0.2, 0.25) is 0 Å². The van der Waals surface area contributed by atoms with Crippen molar-refractivity contribution in [3.8, 4) is 0 Å². The van der Waals surface area contributed by atoms with Gasteiger partial charge in [-0.1, -0.05) is 0 Å². The van der Waals surface area contributed by atoms with Crippen LogP contribution in [0, 0.1) is 11.9 Å². The van der Waals surface area contributed by atoms with Crippen LogP contribution in [-0.4, -0.2) is 107 Å². The normalized spacial score (nSPS) is 20.1. The quantitative estimate of drug-likeness (QED) is 0.0543. The molecule has 68 heavy (non-hydrogen) atoms. The van der Waals surface area contributed by atoms with E-state index >= 15 is 0 Å². The van der Waals surface area contributed by atoms with Crippen LogP contribution in [0.1, 0.15) is 61.7 Å². The van der Waals surface area contributed by atoms with E-state index in [1.54, 1.807) is 18.8 Å². The zero-order chi connectivity index (χ0) is 46.5. The third kappa shape index (κ3) is 9.28. The molecule has 20 nitrogen and oxygen atoms in total. The first-order chi connectivity index (χ1) is 33.1. The number of aromatic amines is 2. The number of nitrogens with zero attached hydrogens (tertiary/aromatic N) is 12. The van der Waals surface area contributed by atoms with Crippen LogP contribution in [0.5, 0.6) is 0 Å². The highest BCUT2D eigenvalue weighted by atomic mass is 35.5. The Morgan fingerprint density at radius 2 is 1.07 bits per heavy atom. The van der Waals surface area contributed by atoms with Crippen molar-refractivity contribution in [3.05, 3.63) is 109 Å². The van der Waals surface area contributed by atoms with Crippen molar-refractivity contribution in [3.63, 3.8) is 0 Å². The standard InChI is InChI=1S/2C22H21ClFN9O/c2*23-13-8-17(21(34)26-14-5-6-18(24)25-10-14)32(11-13)22-28-20(16-2-1-7-33(16)31-22)27-19-9-15(29-30-19)12-3-4-12/h2*1-2,5-7,9-10,12-13,17H,3-4,8,11H2,(H,26,34)(H2,27,28,29,30,31)/t13-,17+;13-,17-/m10/s1. The van der Waals surface area contributed by atoms with Crippen molar-refractivity contribution in [2.75, 3.05) is 44.2 Å². The minimum Gasteiger partial charge on any atom is -0.326 e. The van der Waals surface area contributed by atoms with Gasteiger partial charge in [0.1, 0.15) is 23.1 Å². The highest BCUT2D eigenvalue weighted by Crippen LogP contribution is 2.41. The number of amides is 2. The maximum absolute atomic E-state index is 13.1. The van der Waals surface area contributed by atoms with Crippen LogP contribution in [0.25, 0.3) is 11.0 Å². The molecule has 12 rings (SSSR count). The molecule has 8 aromatic heterocycles. The summed E-state index contributed by atoms with van der Waals surface area (Å²) in [6, 6.07) is 15.7. The molecule has 2 aliphatic heterocycles. The van der Waals surface area contributed by atoms with Gasteiger partial charge in [0.25, 0.3) is 0 Å². The summed E-state index contributed by atoms with van der Waals surface area (Å²) in [6.07, 6.45) is 11.7. The van der Waals surface area contributed by atoms with Crippen molar-refractivity contribution in [2.45, 2.75) is 73.2 Å². The van der Waals surface area contributed by atoms with Crippen molar-refractivity contribution >= 4 is 92.6 Å². The molecule has 0 aromatic carbocycles. The molecule has 6 N–H and O–H groups in total. The lowest BCUT2D eigenvalue weighted by atomic mass is 10.2. The van der Waals surface area contributed by atoms with Crippen LogP contribution in [0.4, 0.5) is 55.3 Å². The number of alkyl halides is 2. The summed E-state index contributed by atoms with van der Waals surface area (Å²) in [5.74, 6) is 2.52. The third-order valence-electron chi connectivity index (χ3n) is 12.1. The van der Waals surface area contributed by atoms with Crippen molar-refractivity contribution in [2.24, 2.45) is 0 Å². The van der Waals surface area contributed by atoms with Crippen LogP contribution in [-0.2, 0) is 9.59 Å². The Morgan fingerprint density at radius 3 is 1.47 bits per heavy atom. The number of carbonyl (C=O) groups excluding carboxylic acids is 2. The smallest absolute Gasteiger partial charge is 0.247 e. The summed E-state index contributed by atoms with van der Waals surface area (Å²) in [7, 11) is 0. The fraction of sp³-hybridized carbons (Fsp3) is 0.318. The zero-order valence-corrected chi connectivity index (χ0v) is 37.4. The average molecular weight is 964 g/mol. The lowest BCUT2D eigenvalue weighted by Crippen LogP contribution is -2.41. The summed E-state index contributed by atoms with van der Waals surface area (Å²) in [5.41, 5.74) is 4.58. The first-order valence-corrected chi connectivity index (χ1v) is 23.0. The molecule has 10 heterocycles. The van der Waals surface area contributed by atoms with E-state index < -0.39 is 24.0 Å². The highest BCUT2D eigenvalue weighted by Gasteiger charge is 2.40. The van der Waals surface area contributed by atoms with E-state index in [0.29, 0.717) is 84.3 Å². The fourth-order valence-corrected chi connectivity index (χ4v) is 9.02. The Hall–Kier alpha value is -7.46. The number of aromatic nitrogens is 12. The number of nitrogens with one attached hydrogen (secondary N) is 6. The van der Waals surface area contributed by atoms with E-state index in [0.717, 1.165) is 22.4 Å². The second-order valence-corrected chi connectivity index (χ2v) is 18.4. The number of H-pyrrole nitrogens is 2. The molecule has 0 unspecified atom stereocenters.